The lowest BCUT2D eigenvalue weighted by Crippen LogP contribution is -2.61. The maximum absolute atomic E-state index is 13.2. The number of carbonyl (C=O) groups is 2. The molecule has 0 atom stereocenters. The number of fused-ring (bicyclic) bond motifs is 1. The van der Waals surface area contributed by atoms with E-state index in [9.17, 15) is 9.59 Å². The number of rotatable bonds is 3. The van der Waals surface area contributed by atoms with Crippen LogP contribution in [-0.4, -0.2) is 64.9 Å². The Morgan fingerprint density at radius 3 is 2.46 bits per heavy atom. The predicted molar refractivity (Wildman–Crippen MR) is 107 cm³/mol. The van der Waals surface area contributed by atoms with Crippen molar-refractivity contribution in [3.8, 4) is 0 Å². The van der Waals surface area contributed by atoms with Gasteiger partial charge in [-0.2, -0.15) is 0 Å². The third kappa shape index (κ3) is 3.31. The van der Waals surface area contributed by atoms with Gasteiger partial charge in [-0.3, -0.25) is 19.4 Å². The Hall–Kier alpha value is -3.00. The van der Waals surface area contributed by atoms with Crippen molar-refractivity contribution in [1.29, 1.82) is 0 Å². The number of carbonyl (C=O) groups excluding carboxylic acids is 2. The van der Waals surface area contributed by atoms with Crippen LogP contribution in [-0.2, 0) is 9.59 Å². The molecular formula is C20H24N6O2. The Labute approximate surface area is 164 Å². The van der Waals surface area contributed by atoms with Crippen molar-refractivity contribution in [2.24, 2.45) is 0 Å². The van der Waals surface area contributed by atoms with Gasteiger partial charge in [-0.05, 0) is 32.0 Å². The summed E-state index contributed by atoms with van der Waals surface area (Å²) >= 11 is 0. The predicted octanol–water partition coefficient (Wildman–Crippen LogP) is 1.36. The third-order valence-corrected chi connectivity index (χ3v) is 5.32. The van der Waals surface area contributed by atoms with Gasteiger partial charge in [-0.1, -0.05) is 12.1 Å². The van der Waals surface area contributed by atoms with Crippen molar-refractivity contribution in [2.75, 3.05) is 47.8 Å². The molecule has 0 radical (unpaired) electrons. The van der Waals surface area contributed by atoms with Crippen LogP contribution >= 0.6 is 0 Å². The second kappa shape index (κ2) is 7.20. The van der Waals surface area contributed by atoms with Crippen LogP contribution in [0.15, 0.2) is 42.7 Å². The molecule has 28 heavy (non-hydrogen) atoms. The molecule has 2 aliphatic rings. The van der Waals surface area contributed by atoms with Crippen LogP contribution in [0.25, 0.3) is 0 Å². The van der Waals surface area contributed by atoms with Crippen LogP contribution in [0.3, 0.4) is 0 Å². The summed E-state index contributed by atoms with van der Waals surface area (Å²) in [6.45, 7) is 6.84. The number of nitrogens with zero attached hydrogens (tertiary/aromatic N) is 5. The van der Waals surface area contributed by atoms with E-state index < -0.39 is 5.54 Å². The zero-order chi connectivity index (χ0) is 19.7. The van der Waals surface area contributed by atoms with Gasteiger partial charge in [-0.15, -0.1) is 0 Å². The Morgan fingerprint density at radius 2 is 1.75 bits per heavy atom. The SMILES string of the molecule is CC1(C)C(=O)Nc2ccccc2N1C(=O)CN1CCN(c2ncccn2)CC1. The fourth-order valence-electron chi connectivity index (χ4n) is 3.72. The molecule has 1 saturated heterocycles. The summed E-state index contributed by atoms with van der Waals surface area (Å²) in [5, 5.41) is 2.90. The number of nitrogens with one attached hydrogen (secondary N) is 1. The highest BCUT2D eigenvalue weighted by molar-refractivity contribution is 6.14. The van der Waals surface area contributed by atoms with Gasteiger partial charge in [0.2, 0.25) is 17.8 Å². The summed E-state index contributed by atoms with van der Waals surface area (Å²) < 4.78 is 0. The molecule has 8 heteroatoms. The van der Waals surface area contributed by atoms with Crippen molar-refractivity contribution in [1.82, 2.24) is 14.9 Å². The molecule has 0 saturated carbocycles. The fourth-order valence-corrected chi connectivity index (χ4v) is 3.72. The van der Waals surface area contributed by atoms with Gasteiger partial charge < -0.3 is 10.2 Å². The molecule has 2 aliphatic heterocycles. The molecule has 0 unspecified atom stereocenters. The van der Waals surface area contributed by atoms with E-state index >= 15 is 0 Å². The molecule has 2 aromatic rings. The van der Waals surface area contributed by atoms with Gasteiger partial charge in [0.1, 0.15) is 5.54 Å². The van der Waals surface area contributed by atoms with Gasteiger partial charge in [0.25, 0.3) is 0 Å². The quantitative estimate of drug-likeness (QED) is 0.866. The minimum absolute atomic E-state index is 0.0725. The molecule has 2 amide bonds. The number of benzene rings is 1. The van der Waals surface area contributed by atoms with Crippen LogP contribution in [0.4, 0.5) is 17.3 Å². The lowest BCUT2D eigenvalue weighted by molar-refractivity contribution is -0.127. The summed E-state index contributed by atoms with van der Waals surface area (Å²) in [6.07, 6.45) is 3.47. The molecule has 3 heterocycles. The van der Waals surface area contributed by atoms with E-state index in [-0.39, 0.29) is 18.4 Å². The first-order valence-electron chi connectivity index (χ1n) is 9.44. The number of aromatic nitrogens is 2. The maximum atomic E-state index is 13.2. The van der Waals surface area contributed by atoms with E-state index in [1.165, 1.54) is 0 Å². The second-order valence-electron chi connectivity index (χ2n) is 7.57. The summed E-state index contributed by atoms with van der Waals surface area (Å²) in [5.74, 6) is 0.471. The molecule has 146 valence electrons. The van der Waals surface area contributed by atoms with Crippen molar-refractivity contribution in [3.05, 3.63) is 42.7 Å². The molecule has 1 fully saturated rings. The Balaban J connectivity index is 1.46. The Bertz CT molecular complexity index is 877. The fraction of sp³-hybridized carbons (Fsp3) is 0.400. The first kappa shape index (κ1) is 18.4. The Morgan fingerprint density at radius 1 is 1.07 bits per heavy atom. The topological polar surface area (TPSA) is 81.7 Å². The minimum atomic E-state index is -0.939. The molecule has 1 aromatic carbocycles. The van der Waals surface area contributed by atoms with Crippen LogP contribution in [0.5, 0.6) is 0 Å². The molecule has 0 bridgehead atoms. The highest BCUT2D eigenvalue weighted by Crippen LogP contribution is 2.36. The van der Waals surface area contributed by atoms with Gasteiger partial charge in [0, 0.05) is 38.6 Å². The minimum Gasteiger partial charge on any atom is -0.338 e. The lowest BCUT2D eigenvalue weighted by Gasteiger charge is -2.43. The maximum Gasteiger partial charge on any atom is 0.250 e. The molecule has 1 N–H and O–H groups in total. The number of para-hydroxylation sites is 2. The van der Waals surface area contributed by atoms with E-state index in [0.717, 1.165) is 37.8 Å². The average Bonchev–Trinajstić information content (AvgIpc) is 2.70. The third-order valence-electron chi connectivity index (χ3n) is 5.32. The van der Waals surface area contributed by atoms with E-state index in [0.29, 0.717) is 5.69 Å². The van der Waals surface area contributed by atoms with Crippen LogP contribution in [0, 0.1) is 0 Å². The molecular weight excluding hydrogens is 356 g/mol. The van der Waals surface area contributed by atoms with Crippen molar-refractivity contribution >= 4 is 29.1 Å². The number of piperazine rings is 1. The standard InChI is InChI=1S/C20H24N6O2/c1-20(2)18(28)23-15-6-3-4-7-16(15)26(20)17(27)14-24-10-12-25(13-11-24)19-21-8-5-9-22-19/h3-9H,10-14H2,1-2H3,(H,23,28). The molecule has 0 aliphatic carbocycles. The molecule has 1 aromatic heterocycles. The lowest BCUT2D eigenvalue weighted by atomic mass is 9.96. The summed E-state index contributed by atoms with van der Waals surface area (Å²) in [5.41, 5.74) is 0.477. The molecule has 8 nitrogen and oxygen atoms in total. The van der Waals surface area contributed by atoms with Crippen molar-refractivity contribution < 1.29 is 9.59 Å². The Kier molecular flexibility index (Phi) is 4.72. The summed E-state index contributed by atoms with van der Waals surface area (Å²) in [6, 6.07) is 9.23. The van der Waals surface area contributed by atoms with Gasteiger partial charge in [0.15, 0.2) is 0 Å². The van der Waals surface area contributed by atoms with Crippen LogP contribution < -0.4 is 15.1 Å². The van der Waals surface area contributed by atoms with Gasteiger partial charge in [0.05, 0.1) is 17.9 Å². The zero-order valence-electron chi connectivity index (χ0n) is 16.1. The highest BCUT2D eigenvalue weighted by Gasteiger charge is 2.43. The first-order valence-corrected chi connectivity index (χ1v) is 9.44. The van der Waals surface area contributed by atoms with E-state index in [4.69, 9.17) is 0 Å². The summed E-state index contributed by atoms with van der Waals surface area (Å²) in [4.78, 5) is 40.2. The van der Waals surface area contributed by atoms with Gasteiger partial charge >= 0.3 is 0 Å². The number of amides is 2. The normalized spacial score (nSPS) is 19.1. The summed E-state index contributed by atoms with van der Waals surface area (Å²) in [7, 11) is 0. The van der Waals surface area contributed by atoms with E-state index in [1.807, 2.05) is 24.3 Å². The van der Waals surface area contributed by atoms with Crippen molar-refractivity contribution in [2.45, 2.75) is 19.4 Å². The van der Waals surface area contributed by atoms with Crippen LogP contribution in [0.2, 0.25) is 0 Å². The smallest absolute Gasteiger partial charge is 0.250 e. The number of anilines is 3. The van der Waals surface area contributed by atoms with Crippen LogP contribution in [0.1, 0.15) is 13.8 Å². The highest BCUT2D eigenvalue weighted by atomic mass is 16.2. The number of hydrogen-bond donors (Lipinski definition) is 1. The van der Waals surface area contributed by atoms with E-state index in [1.54, 1.807) is 37.2 Å². The van der Waals surface area contributed by atoms with E-state index in [2.05, 4.69) is 25.1 Å². The first-order chi connectivity index (χ1) is 13.5. The zero-order valence-corrected chi connectivity index (χ0v) is 16.1. The van der Waals surface area contributed by atoms with Crippen molar-refractivity contribution in [3.63, 3.8) is 0 Å². The largest absolute Gasteiger partial charge is 0.338 e. The molecule has 0 spiro atoms. The number of hydrogen-bond acceptors (Lipinski definition) is 6. The average molecular weight is 380 g/mol. The van der Waals surface area contributed by atoms with Gasteiger partial charge in [-0.25, -0.2) is 9.97 Å². The monoisotopic (exact) mass is 380 g/mol. The molecule has 4 rings (SSSR count). The second-order valence-corrected chi connectivity index (χ2v) is 7.57.